The van der Waals surface area contributed by atoms with Crippen LogP contribution in [0.4, 0.5) is 4.79 Å². The lowest BCUT2D eigenvalue weighted by Gasteiger charge is -2.39. The van der Waals surface area contributed by atoms with Crippen molar-refractivity contribution in [2.45, 2.75) is 90.3 Å². The summed E-state index contributed by atoms with van der Waals surface area (Å²) < 4.78 is 11.8. The van der Waals surface area contributed by atoms with Gasteiger partial charge in [0.2, 0.25) is 0 Å². The highest BCUT2D eigenvalue weighted by Gasteiger charge is 2.39. The van der Waals surface area contributed by atoms with Gasteiger partial charge in [-0.25, -0.2) is 4.79 Å². The van der Waals surface area contributed by atoms with Crippen LogP contribution in [0, 0.1) is 0 Å². The number of carbonyl (C=O) groups excluding carboxylic acids is 1. The number of benzene rings is 1. The summed E-state index contributed by atoms with van der Waals surface area (Å²) in [5.74, 6) is 0. The first-order chi connectivity index (χ1) is 12.7. The van der Waals surface area contributed by atoms with Crippen LogP contribution < -0.4 is 5.32 Å². The number of rotatable bonds is 8. The van der Waals surface area contributed by atoms with Gasteiger partial charge in [-0.05, 0) is 57.3 Å². The van der Waals surface area contributed by atoms with E-state index in [0.717, 1.165) is 5.56 Å². The van der Waals surface area contributed by atoms with Crippen LogP contribution >= 0.6 is 0 Å². The quantitative estimate of drug-likeness (QED) is 0.600. The smallest absolute Gasteiger partial charge is 0.407 e. The van der Waals surface area contributed by atoms with Crippen molar-refractivity contribution >= 4 is 14.4 Å². The summed E-state index contributed by atoms with van der Waals surface area (Å²) in [7, 11) is -2.03. The van der Waals surface area contributed by atoms with E-state index in [1.165, 1.54) is 0 Å². The van der Waals surface area contributed by atoms with E-state index in [4.69, 9.17) is 9.16 Å². The Labute approximate surface area is 172 Å². The fraction of sp³-hybridized carbons (Fsp3) is 0.682. The zero-order valence-corrected chi connectivity index (χ0v) is 19.8. The molecule has 0 aliphatic carbocycles. The van der Waals surface area contributed by atoms with Crippen LogP contribution in [0.1, 0.15) is 53.5 Å². The van der Waals surface area contributed by atoms with Gasteiger partial charge < -0.3 is 19.6 Å². The Kier molecular flexibility index (Phi) is 8.72. The van der Waals surface area contributed by atoms with Gasteiger partial charge in [0.1, 0.15) is 5.60 Å². The lowest BCUT2D eigenvalue weighted by molar-refractivity contribution is 0.0459. The average molecular weight is 410 g/mol. The van der Waals surface area contributed by atoms with Crippen LogP contribution in [0.25, 0.3) is 0 Å². The average Bonchev–Trinajstić information content (AvgIpc) is 2.51. The molecule has 160 valence electrons. The van der Waals surface area contributed by atoms with Crippen LogP contribution in [-0.2, 0) is 15.6 Å². The first kappa shape index (κ1) is 24.7. The van der Waals surface area contributed by atoms with Crippen LogP contribution in [-0.4, -0.2) is 43.9 Å². The molecule has 0 unspecified atom stereocenters. The van der Waals surface area contributed by atoms with Gasteiger partial charge in [-0.1, -0.05) is 51.1 Å². The van der Waals surface area contributed by atoms with Crippen LogP contribution in [0.2, 0.25) is 18.1 Å². The molecule has 0 aliphatic heterocycles. The van der Waals surface area contributed by atoms with Gasteiger partial charge >= 0.3 is 6.09 Å². The molecule has 1 amide bonds. The summed E-state index contributed by atoms with van der Waals surface area (Å²) in [6.45, 7) is 16.3. The van der Waals surface area contributed by atoms with Crippen molar-refractivity contribution in [1.29, 1.82) is 0 Å². The minimum Gasteiger partial charge on any atom is -0.444 e. The highest BCUT2D eigenvalue weighted by Crippen LogP contribution is 2.37. The number of alkyl carbamates (subject to hydrolysis) is 1. The van der Waals surface area contributed by atoms with E-state index < -0.39 is 20.0 Å². The summed E-state index contributed by atoms with van der Waals surface area (Å²) >= 11 is 0. The van der Waals surface area contributed by atoms with Crippen LogP contribution in [0.3, 0.4) is 0 Å². The third kappa shape index (κ3) is 8.75. The van der Waals surface area contributed by atoms with Crippen molar-refractivity contribution in [3.63, 3.8) is 0 Å². The first-order valence-corrected chi connectivity index (χ1v) is 13.0. The van der Waals surface area contributed by atoms with Gasteiger partial charge in [-0.3, -0.25) is 0 Å². The lowest BCUT2D eigenvalue weighted by atomic mass is 10.0. The molecule has 0 spiro atoms. The molecule has 0 heterocycles. The maximum absolute atomic E-state index is 12.3. The molecule has 1 aromatic rings. The molecule has 6 heteroatoms. The molecule has 5 nitrogen and oxygen atoms in total. The molecule has 0 fully saturated rings. The van der Waals surface area contributed by atoms with Gasteiger partial charge in [0.15, 0.2) is 8.32 Å². The molecule has 0 bridgehead atoms. The van der Waals surface area contributed by atoms with Gasteiger partial charge in [0.05, 0.1) is 12.7 Å². The molecule has 0 saturated carbocycles. The number of carbonyl (C=O) groups is 1. The zero-order chi connectivity index (χ0) is 21.6. The Morgan fingerprint density at radius 2 is 1.68 bits per heavy atom. The van der Waals surface area contributed by atoms with Crippen molar-refractivity contribution < 1.29 is 19.1 Å². The van der Waals surface area contributed by atoms with Crippen molar-refractivity contribution in [3.8, 4) is 0 Å². The zero-order valence-electron chi connectivity index (χ0n) is 18.8. The fourth-order valence-electron chi connectivity index (χ4n) is 2.64. The summed E-state index contributed by atoms with van der Waals surface area (Å²) in [6.07, 6.45) is 0.399. The van der Waals surface area contributed by atoms with Crippen LogP contribution in [0.15, 0.2) is 30.3 Å². The Balaban J connectivity index is 2.91. The molecule has 28 heavy (non-hydrogen) atoms. The predicted molar refractivity (Wildman–Crippen MR) is 117 cm³/mol. The predicted octanol–water partition coefficient (Wildman–Crippen LogP) is 4.90. The highest BCUT2D eigenvalue weighted by atomic mass is 28.4. The van der Waals surface area contributed by atoms with Gasteiger partial charge in [0.25, 0.3) is 0 Å². The molecular weight excluding hydrogens is 370 g/mol. The lowest BCUT2D eigenvalue weighted by Crippen LogP contribution is -2.48. The second-order valence-electron chi connectivity index (χ2n) is 9.95. The van der Waals surface area contributed by atoms with Gasteiger partial charge in [-0.2, -0.15) is 0 Å². The summed E-state index contributed by atoms with van der Waals surface area (Å²) in [5, 5.41) is 13.0. The molecule has 0 saturated heterocycles. The third-order valence-corrected chi connectivity index (χ3v) is 9.60. The molecule has 1 rings (SSSR count). The van der Waals surface area contributed by atoms with E-state index in [1.807, 2.05) is 51.1 Å². The number of aliphatic hydroxyl groups excluding tert-OH is 1. The number of amides is 1. The van der Waals surface area contributed by atoms with Crippen molar-refractivity contribution in [2.75, 3.05) is 6.61 Å². The number of hydrogen-bond acceptors (Lipinski definition) is 4. The highest BCUT2D eigenvalue weighted by molar-refractivity contribution is 6.74. The Bertz CT molecular complexity index is 605. The van der Waals surface area contributed by atoms with E-state index in [-0.39, 0.29) is 23.8 Å². The van der Waals surface area contributed by atoms with E-state index >= 15 is 0 Å². The summed E-state index contributed by atoms with van der Waals surface area (Å²) in [6, 6.07) is 9.81. The minimum absolute atomic E-state index is 0.0495. The Hall–Kier alpha value is -1.37. The Morgan fingerprint density at radius 1 is 1.11 bits per heavy atom. The van der Waals surface area contributed by atoms with Crippen molar-refractivity contribution in [3.05, 3.63) is 35.9 Å². The van der Waals surface area contributed by atoms with Crippen LogP contribution in [0.5, 0.6) is 0 Å². The standard InChI is InChI=1S/C22H39NO4Si/c1-21(2,3)26-20(25)23-18(14-17-12-10-9-11-13-17)15-19(16-24)27-28(7,8)22(4,5)6/h9-13,18-19,24H,14-16H2,1-8H3,(H,23,25)/t18-,19+/m0/s1. The molecular formula is C22H39NO4Si. The van der Waals surface area contributed by atoms with E-state index in [9.17, 15) is 9.90 Å². The van der Waals surface area contributed by atoms with E-state index in [0.29, 0.717) is 12.8 Å². The Morgan fingerprint density at radius 3 is 2.14 bits per heavy atom. The van der Waals surface area contributed by atoms with E-state index in [2.05, 4.69) is 39.2 Å². The molecule has 0 aliphatic rings. The number of ether oxygens (including phenoxy) is 1. The molecule has 2 atom stereocenters. The van der Waals surface area contributed by atoms with Crippen molar-refractivity contribution in [1.82, 2.24) is 5.32 Å². The van der Waals surface area contributed by atoms with Gasteiger partial charge in [0, 0.05) is 6.04 Å². The third-order valence-electron chi connectivity index (χ3n) is 5.06. The normalized spacial score (nSPS) is 15.0. The SMILES string of the molecule is CC(C)(C)OC(=O)N[C@@H](Cc1ccccc1)C[C@H](CO)O[Si](C)(C)C(C)(C)C. The first-order valence-electron chi connectivity index (χ1n) is 10.1. The topological polar surface area (TPSA) is 67.8 Å². The summed E-state index contributed by atoms with van der Waals surface area (Å²) in [4.78, 5) is 12.3. The van der Waals surface area contributed by atoms with Gasteiger partial charge in [-0.15, -0.1) is 0 Å². The number of aliphatic hydroxyl groups is 1. The van der Waals surface area contributed by atoms with E-state index in [1.54, 1.807) is 0 Å². The maximum atomic E-state index is 12.3. The monoisotopic (exact) mass is 409 g/mol. The number of hydrogen-bond donors (Lipinski definition) is 2. The largest absolute Gasteiger partial charge is 0.444 e. The second-order valence-corrected chi connectivity index (χ2v) is 14.7. The summed E-state index contributed by atoms with van der Waals surface area (Å²) in [5.41, 5.74) is 0.558. The van der Waals surface area contributed by atoms with Crippen molar-refractivity contribution in [2.24, 2.45) is 0 Å². The minimum atomic E-state index is -2.03. The second kappa shape index (κ2) is 9.90. The molecule has 1 aromatic carbocycles. The molecule has 2 N–H and O–H groups in total. The fourth-order valence-corrected chi connectivity index (χ4v) is 3.99. The maximum Gasteiger partial charge on any atom is 0.407 e. The number of nitrogens with one attached hydrogen (secondary N) is 1. The molecule has 0 aromatic heterocycles. The molecule has 0 radical (unpaired) electrons.